The highest BCUT2D eigenvalue weighted by Crippen LogP contribution is 2.46. The third-order valence-electron chi connectivity index (χ3n) is 6.18. The molecule has 162 valence electrons. The quantitative estimate of drug-likeness (QED) is 0.330. The van der Waals surface area contributed by atoms with Crippen LogP contribution >= 0.6 is 11.3 Å². The summed E-state index contributed by atoms with van der Waals surface area (Å²) in [6.07, 6.45) is 3.43. The summed E-state index contributed by atoms with van der Waals surface area (Å²) in [4.78, 5) is 19.4. The maximum Gasteiger partial charge on any atom is 0.267 e. The van der Waals surface area contributed by atoms with Gasteiger partial charge in [0.2, 0.25) is 0 Å². The van der Waals surface area contributed by atoms with Gasteiger partial charge in [0.1, 0.15) is 15.5 Å². The summed E-state index contributed by atoms with van der Waals surface area (Å²) in [6, 6.07) is 19.9. The van der Waals surface area contributed by atoms with Crippen LogP contribution in [-0.2, 0) is 12.8 Å². The van der Waals surface area contributed by atoms with E-state index in [2.05, 4.69) is 23.5 Å². The molecule has 0 saturated carbocycles. The van der Waals surface area contributed by atoms with Gasteiger partial charge in [-0.25, -0.2) is 4.98 Å². The molecule has 0 fully saturated rings. The monoisotopic (exact) mass is 451 g/mol. The first-order chi connectivity index (χ1) is 16.1. The zero-order valence-electron chi connectivity index (χ0n) is 18.0. The number of aromatic nitrogens is 1. The lowest BCUT2D eigenvalue weighted by atomic mass is 9.85. The molecule has 0 atom stereocenters. The fraction of sp³-hybridized carbons (Fsp3) is 0.111. The molecule has 1 aliphatic rings. The number of nitrogens with zero attached hydrogens (tertiary/aromatic N) is 1. The number of aryl methyl sites for hydroxylation is 2. The van der Waals surface area contributed by atoms with Gasteiger partial charge in [-0.1, -0.05) is 42.0 Å². The van der Waals surface area contributed by atoms with E-state index in [4.69, 9.17) is 15.1 Å². The highest BCUT2D eigenvalue weighted by molar-refractivity contribution is 7.21. The number of fused-ring (bicyclic) bond motifs is 4. The summed E-state index contributed by atoms with van der Waals surface area (Å²) in [6.45, 7) is 2.01. The van der Waals surface area contributed by atoms with Gasteiger partial charge in [0.25, 0.3) is 5.91 Å². The van der Waals surface area contributed by atoms with Crippen LogP contribution in [0.25, 0.3) is 32.8 Å². The lowest BCUT2D eigenvalue weighted by molar-refractivity contribution is 0.103. The Morgan fingerprint density at radius 2 is 1.88 bits per heavy atom. The van der Waals surface area contributed by atoms with E-state index in [9.17, 15) is 4.79 Å². The maximum absolute atomic E-state index is 13.2. The SMILES string of the molecule is Cc1ccc(NC(=O)c2sc3nc4c(c(-c5ccco5)c3c2N)CCc2ccccc2-4)cc1. The van der Waals surface area contributed by atoms with E-state index in [1.807, 2.05) is 49.4 Å². The highest BCUT2D eigenvalue weighted by Gasteiger charge is 2.28. The zero-order valence-corrected chi connectivity index (χ0v) is 18.8. The molecule has 0 spiro atoms. The number of anilines is 2. The van der Waals surface area contributed by atoms with Crippen LogP contribution in [0, 0.1) is 6.92 Å². The van der Waals surface area contributed by atoms with Gasteiger partial charge in [-0.05, 0) is 55.2 Å². The van der Waals surface area contributed by atoms with E-state index < -0.39 is 0 Å². The Bertz CT molecular complexity index is 1520. The van der Waals surface area contributed by atoms with Crippen molar-refractivity contribution in [1.29, 1.82) is 0 Å². The Kier molecular flexibility index (Phi) is 4.55. The van der Waals surface area contributed by atoms with Gasteiger partial charge in [-0.15, -0.1) is 11.3 Å². The molecule has 0 unspecified atom stereocenters. The maximum atomic E-state index is 13.2. The number of pyridine rings is 1. The van der Waals surface area contributed by atoms with E-state index in [0.717, 1.165) is 62.5 Å². The second kappa shape index (κ2) is 7.60. The molecule has 1 aliphatic carbocycles. The second-order valence-corrected chi connectivity index (χ2v) is 9.29. The summed E-state index contributed by atoms with van der Waals surface area (Å²) >= 11 is 1.32. The molecule has 6 rings (SSSR count). The van der Waals surface area contributed by atoms with Gasteiger partial charge in [0.05, 0.1) is 17.6 Å². The summed E-state index contributed by atoms with van der Waals surface area (Å²) in [7, 11) is 0. The lowest BCUT2D eigenvalue weighted by Gasteiger charge is -2.21. The van der Waals surface area contributed by atoms with Crippen molar-refractivity contribution in [2.24, 2.45) is 0 Å². The van der Waals surface area contributed by atoms with Crippen LogP contribution in [0.5, 0.6) is 0 Å². The Labute approximate surface area is 194 Å². The Hall–Kier alpha value is -3.90. The number of carbonyl (C=O) groups is 1. The van der Waals surface area contributed by atoms with Crippen LogP contribution in [0.2, 0.25) is 0 Å². The molecular formula is C27H21N3O2S. The molecule has 3 heterocycles. The number of hydrogen-bond acceptors (Lipinski definition) is 5. The first-order valence-corrected chi connectivity index (χ1v) is 11.7. The number of rotatable bonds is 3. The van der Waals surface area contributed by atoms with Crippen LogP contribution in [0.15, 0.2) is 71.3 Å². The predicted octanol–water partition coefficient (Wildman–Crippen LogP) is 6.46. The Balaban J connectivity index is 1.56. The number of furan rings is 1. The smallest absolute Gasteiger partial charge is 0.267 e. The van der Waals surface area contributed by atoms with Crippen molar-refractivity contribution in [3.05, 3.63) is 88.5 Å². The molecule has 3 N–H and O–H groups in total. The molecule has 0 bridgehead atoms. The molecule has 0 saturated heterocycles. The molecule has 1 amide bonds. The average molecular weight is 452 g/mol. The number of hydrogen-bond donors (Lipinski definition) is 2. The van der Waals surface area contributed by atoms with Crippen molar-refractivity contribution in [3.63, 3.8) is 0 Å². The van der Waals surface area contributed by atoms with Gasteiger partial charge in [-0.3, -0.25) is 4.79 Å². The van der Waals surface area contributed by atoms with E-state index in [1.165, 1.54) is 16.9 Å². The van der Waals surface area contributed by atoms with Gasteiger partial charge < -0.3 is 15.5 Å². The van der Waals surface area contributed by atoms with Gasteiger partial charge >= 0.3 is 0 Å². The number of nitrogens with two attached hydrogens (primary N) is 1. The van der Waals surface area contributed by atoms with E-state index in [1.54, 1.807) is 6.26 Å². The lowest BCUT2D eigenvalue weighted by Crippen LogP contribution is -2.12. The average Bonchev–Trinajstić information content (AvgIpc) is 3.47. The van der Waals surface area contributed by atoms with Crippen LogP contribution in [-0.4, -0.2) is 10.9 Å². The normalized spacial score (nSPS) is 12.4. The summed E-state index contributed by atoms with van der Waals surface area (Å²) in [5.41, 5.74) is 14.3. The van der Waals surface area contributed by atoms with E-state index in [-0.39, 0.29) is 5.91 Å². The van der Waals surface area contributed by atoms with Crippen LogP contribution in [0.4, 0.5) is 11.4 Å². The van der Waals surface area contributed by atoms with Crippen LogP contribution in [0.3, 0.4) is 0 Å². The molecule has 5 aromatic rings. The number of amides is 1. The third kappa shape index (κ3) is 3.22. The van der Waals surface area contributed by atoms with E-state index in [0.29, 0.717) is 10.6 Å². The zero-order chi connectivity index (χ0) is 22.5. The third-order valence-corrected chi connectivity index (χ3v) is 7.28. The number of thiophene rings is 1. The summed E-state index contributed by atoms with van der Waals surface area (Å²) in [5, 5.41) is 3.76. The van der Waals surface area contributed by atoms with Crippen molar-refractivity contribution in [2.75, 3.05) is 11.1 Å². The minimum atomic E-state index is -0.233. The fourth-order valence-corrected chi connectivity index (χ4v) is 5.57. The first kappa shape index (κ1) is 19.8. The fourth-order valence-electron chi connectivity index (χ4n) is 4.57. The largest absolute Gasteiger partial charge is 0.464 e. The van der Waals surface area contributed by atoms with Crippen LogP contribution in [0.1, 0.15) is 26.4 Å². The highest BCUT2D eigenvalue weighted by atomic mass is 32.1. The summed E-state index contributed by atoms with van der Waals surface area (Å²) in [5.74, 6) is 0.510. The molecule has 0 radical (unpaired) electrons. The Morgan fingerprint density at radius 1 is 1.06 bits per heavy atom. The van der Waals surface area contributed by atoms with Crippen molar-refractivity contribution in [1.82, 2.24) is 4.98 Å². The molecule has 33 heavy (non-hydrogen) atoms. The standard InChI is InChI=1S/C27H21N3O2S/c1-15-8-11-17(12-9-15)29-26(31)25-23(28)22-21(20-7-4-14-32-20)19-13-10-16-5-2-3-6-18(16)24(19)30-27(22)33-25/h2-9,11-12,14H,10,13,28H2,1H3,(H,29,31). The van der Waals surface area contributed by atoms with E-state index >= 15 is 0 Å². The molecule has 6 heteroatoms. The molecule has 2 aromatic carbocycles. The minimum Gasteiger partial charge on any atom is -0.464 e. The number of nitrogens with one attached hydrogen (secondary N) is 1. The van der Waals surface area contributed by atoms with Gasteiger partial charge in [0.15, 0.2) is 0 Å². The van der Waals surface area contributed by atoms with Crippen molar-refractivity contribution in [3.8, 4) is 22.6 Å². The summed E-state index contributed by atoms with van der Waals surface area (Å²) < 4.78 is 5.83. The van der Waals surface area contributed by atoms with Crippen molar-refractivity contribution >= 4 is 38.8 Å². The minimum absolute atomic E-state index is 0.233. The van der Waals surface area contributed by atoms with Gasteiger partial charge in [-0.2, -0.15) is 0 Å². The number of benzene rings is 2. The molecule has 0 aliphatic heterocycles. The van der Waals surface area contributed by atoms with Crippen molar-refractivity contribution in [2.45, 2.75) is 19.8 Å². The predicted molar refractivity (Wildman–Crippen MR) is 134 cm³/mol. The number of nitrogen functional groups attached to an aromatic ring is 1. The van der Waals surface area contributed by atoms with Crippen LogP contribution < -0.4 is 11.1 Å². The molecular weight excluding hydrogens is 430 g/mol. The van der Waals surface area contributed by atoms with Gasteiger partial charge in [0, 0.05) is 22.2 Å². The molecule has 3 aromatic heterocycles. The number of carbonyl (C=O) groups excluding carboxylic acids is 1. The molecule has 5 nitrogen and oxygen atoms in total. The van der Waals surface area contributed by atoms with Crippen molar-refractivity contribution < 1.29 is 9.21 Å². The second-order valence-electron chi connectivity index (χ2n) is 8.29. The Morgan fingerprint density at radius 3 is 2.67 bits per heavy atom. The first-order valence-electron chi connectivity index (χ1n) is 10.8. The topological polar surface area (TPSA) is 81.2 Å².